The number of hydrogen-bond donors (Lipinski definition) is 0. The molecule has 122 valence electrons. The van der Waals surface area contributed by atoms with Crippen LogP contribution in [0.5, 0.6) is 0 Å². The van der Waals surface area contributed by atoms with Gasteiger partial charge in [0.25, 0.3) is 0 Å². The van der Waals surface area contributed by atoms with Gasteiger partial charge in [0.05, 0.1) is 19.8 Å². The molecule has 0 spiro atoms. The zero-order valence-corrected chi connectivity index (χ0v) is 13.3. The number of nitrogens with zero attached hydrogens (tertiary/aromatic N) is 3. The first kappa shape index (κ1) is 14.8. The van der Waals surface area contributed by atoms with Crippen molar-refractivity contribution in [1.82, 2.24) is 14.4 Å². The maximum Gasteiger partial charge on any atom is 0.245 e. The third-order valence-electron chi connectivity index (χ3n) is 4.17. The quantitative estimate of drug-likeness (QED) is 0.823. The molecule has 0 unspecified atom stereocenters. The standard InChI is InChI=1S/C15H17N3O4S/c19-23(20,12-2-1-6-16-8-12)18(11-3-4-11)9-14-13-10-21-7-5-15(13)22-17-14/h1-2,6,8,11H,3-5,7,9-10H2. The second-order valence-corrected chi connectivity index (χ2v) is 7.69. The molecule has 0 atom stereocenters. The van der Waals surface area contributed by atoms with Gasteiger partial charge in [-0.25, -0.2) is 8.42 Å². The number of ether oxygens (including phenoxy) is 1. The normalized spacial score (nSPS) is 18.1. The monoisotopic (exact) mass is 335 g/mol. The predicted octanol–water partition coefficient (Wildman–Crippen LogP) is 1.50. The Morgan fingerprint density at radius 3 is 2.96 bits per heavy atom. The van der Waals surface area contributed by atoms with Crippen molar-refractivity contribution in [2.45, 2.75) is 43.4 Å². The van der Waals surface area contributed by atoms with Gasteiger partial charge in [-0.1, -0.05) is 5.16 Å². The molecule has 0 radical (unpaired) electrons. The fourth-order valence-electron chi connectivity index (χ4n) is 2.76. The predicted molar refractivity (Wildman–Crippen MR) is 79.9 cm³/mol. The van der Waals surface area contributed by atoms with E-state index < -0.39 is 10.0 Å². The van der Waals surface area contributed by atoms with Crippen molar-refractivity contribution < 1.29 is 17.7 Å². The number of pyridine rings is 1. The van der Waals surface area contributed by atoms with Gasteiger partial charge in [0.15, 0.2) is 0 Å². The Hall–Kier alpha value is -1.77. The Bertz CT molecular complexity index is 799. The molecule has 1 aliphatic heterocycles. The molecule has 0 N–H and O–H groups in total. The van der Waals surface area contributed by atoms with E-state index in [0.717, 1.165) is 24.2 Å². The van der Waals surface area contributed by atoms with E-state index in [1.54, 1.807) is 18.3 Å². The van der Waals surface area contributed by atoms with Crippen LogP contribution < -0.4 is 0 Å². The van der Waals surface area contributed by atoms with Crippen LogP contribution in [-0.2, 0) is 34.3 Å². The van der Waals surface area contributed by atoms with E-state index in [0.29, 0.717) is 25.3 Å². The Balaban J connectivity index is 1.66. The van der Waals surface area contributed by atoms with E-state index in [-0.39, 0.29) is 17.5 Å². The second-order valence-electron chi connectivity index (χ2n) is 5.80. The Kier molecular flexibility index (Phi) is 3.67. The summed E-state index contributed by atoms with van der Waals surface area (Å²) in [5.41, 5.74) is 1.54. The van der Waals surface area contributed by atoms with E-state index >= 15 is 0 Å². The molecular weight excluding hydrogens is 318 g/mol. The van der Waals surface area contributed by atoms with E-state index in [4.69, 9.17) is 9.26 Å². The number of sulfonamides is 1. The van der Waals surface area contributed by atoms with Crippen molar-refractivity contribution in [3.8, 4) is 0 Å². The molecule has 7 nitrogen and oxygen atoms in total. The zero-order chi connectivity index (χ0) is 15.9. The van der Waals surface area contributed by atoms with Crippen molar-refractivity contribution in [3.63, 3.8) is 0 Å². The summed E-state index contributed by atoms with van der Waals surface area (Å²) in [5, 5.41) is 4.08. The molecule has 2 aromatic rings. The van der Waals surface area contributed by atoms with Crippen molar-refractivity contribution in [1.29, 1.82) is 0 Å². The molecule has 1 aliphatic carbocycles. The maximum absolute atomic E-state index is 12.9. The van der Waals surface area contributed by atoms with E-state index in [1.807, 2.05) is 0 Å². The van der Waals surface area contributed by atoms with Crippen LogP contribution in [0.4, 0.5) is 0 Å². The molecule has 2 aliphatic rings. The Labute approximate surface area is 134 Å². The number of hydrogen-bond acceptors (Lipinski definition) is 6. The minimum Gasteiger partial charge on any atom is -0.376 e. The van der Waals surface area contributed by atoms with Crippen LogP contribution in [0.25, 0.3) is 0 Å². The lowest BCUT2D eigenvalue weighted by molar-refractivity contribution is 0.102. The molecular formula is C15H17N3O4S. The highest BCUT2D eigenvalue weighted by Crippen LogP contribution is 2.34. The maximum atomic E-state index is 12.9. The second kappa shape index (κ2) is 5.70. The topological polar surface area (TPSA) is 85.5 Å². The Morgan fingerprint density at radius 1 is 1.35 bits per heavy atom. The van der Waals surface area contributed by atoms with Gasteiger partial charge in [-0.15, -0.1) is 0 Å². The first-order valence-corrected chi connectivity index (χ1v) is 9.06. The summed E-state index contributed by atoms with van der Waals surface area (Å²) < 4.78 is 38.1. The third kappa shape index (κ3) is 2.77. The summed E-state index contributed by atoms with van der Waals surface area (Å²) in [7, 11) is -3.59. The highest BCUT2D eigenvalue weighted by molar-refractivity contribution is 7.89. The molecule has 0 aromatic carbocycles. The van der Waals surface area contributed by atoms with Crippen molar-refractivity contribution in [2.75, 3.05) is 6.61 Å². The smallest absolute Gasteiger partial charge is 0.245 e. The molecule has 0 amide bonds. The molecule has 23 heavy (non-hydrogen) atoms. The number of rotatable bonds is 5. The van der Waals surface area contributed by atoms with E-state index in [9.17, 15) is 8.42 Å². The molecule has 0 saturated heterocycles. The molecule has 1 fully saturated rings. The minimum atomic E-state index is -3.59. The lowest BCUT2D eigenvalue weighted by atomic mass is 10.1. The molecule has 2 aromatic heterocycles. The van der Waals surface area contributed by atoms with Crippen LogP contribution in [0.2, 0.25) is 0 Å². The van der Waals surface area contributed by atoms with Gasteiger partial charge < -0.3 is 9.26 Å². The zero-order valence-electron chi connectivity index (χ0n) is 12.5. The minimum absolute atomic E-state index is 0.0251. The van der Waals surface area contributed by atoms with Crippen molar-refractivity contribution in [3.05, 3.63) is 41.5 Å². The lowest BCUT2D eigenvalue weighted by Crippen LogP contribution is -2.33. The highest BCUT2D eigenvalue weighted by atomic mass is 32.2. The largest absolute Gasteiger partial charge is 0.376 e. The number of aromatic nitrogens is 2. The summed E-state index contributed by atoms with van der Waals surface area (Å²) in [5.74, 6) is 0.806. The van der Waals surface area contributed by atoms with Gasteiger partial charge in [-0.05, 0) is 25.0 Å². The van der Waals surface area contributed by atoms with Crippen LogP contribution in [0.3, 0.4) is 0 Å². The summed E-state index contributed by atoms with van der Waals surface area (Å²) >= 11 is 0. The molecule has 4 rings (SSSR count). The fraction of sp³-hybridized carbons (Fsp3) is 0.467. The SMILES string of the molecule is O=S(=O)(c1cccnc1)N(Cc1noc2c1COCC2)C1CC1. The van der Waals surface area contributed by atoms with Gasteiger partial charge in [0.2, 0.25) is 10.0 Å². The van der Waals surface area contributed by atoms with Crippen molar-refractivity contribution >= 4 is 10.0 Å². The van der Waals surface area contributed by atoms with Crippen LogP contribution >= 0.6 is 0 Å². The lowest BCUT2D eigenvalue weighted by Gasteiger charge is -2.21. The van der Waals surface area contributed by atoms with E-state index in [2.05, 4.69) is 10.1 Å². The van der Waals surface area contributed by atoms with Crippen LogP contribution in [0, 0.1) is 0 Å². The van der Waals surface area contributed by atoms with Crippen molar-refractivity contribution in [2.24, 2.45) is 0 Å². The van der Waals surface area contributed by atoms with Gasteiger partial charge in [0.1, 0.15) is 16.3 Å². The van der Waals surface area contributed by atoms with Crippen LogP contribution in [0.1, 0.15) is 29.9 Å². The average Bonchev–Trinajstić information content (AvgIpc) is 3.34. The van der Waals surface area contributed by atoms with Crippen LogP contribution in [0.15, 0.2) is 33.9 Å². The van der Waals surface area contributed by atoms with Gasteiger partial charge in [0, 0.05) is 30.4 Å². The summed E-state index contributed by atoms with van der Waals surface area (Å²) in [6, 6.07) is 3.22. The molecule has 8 heteroatoms. The van der Waals surface area contributed by atoms with Gasteiger partial charge in [-0.3, -0.25) is 4.98 Å². The molecule has 3 heterocycles. The summed E-state index contributed by atoms with van der Waals surface area (Å²) in [6.45, 7) is 1.26. The fourth-order valence-corrected chi connectivity index (χ4v) is 4.37. The van der Waals surface area contributed by atoms with Gasteiger partial charge >= 0.3 is 0 Å². The average molecular weight is 335 g/mol. The summed E-state index contributed by atoms with van der Waals surface area (Å²) in [4.78, 5) is 4.13. The number of fused-ring (bicyclic) bond motifs is 1. The van der Waals surface area contributed by atoms with Gasteiger partial charge in [-0.2, -0.15) is 4.31 Å². The van der Waals surface area contributed by atoms with Crippen LogP contribution in [-0.4, -0.2) is 35.5 Å². The summed E-state index contributed by atoms with van der Waals surface area (Å²) in [6.07, 6.45) is 5.37. The Morgan fingerprint density at radius 2 is 2.22 bits per heavy atom. The molecule has 1 saturated carbocycles. The third-order valence-corrected chi connectivity index (χ3v) is 6.05. The van der Waals surface area contributed by atoms with E-state index in [1.165, 1.54) is 10.5 Å². The molecule has 0 bridgehead atoms. The first-order valence-electron chi connectivity index (χ1n) is 7.62. The highest BCUT2D eigenvalue weighted by Gasteiger charge is 2.39. The first-order chi connectivity index (χ1) is 11.2.